The number of halogens is 3. The number of fused-ring (bicyclic) bond motifs is 1. The van der Waals surface area contributed by atoms with Gasteiger partial charge in [0.2, 0.25) is 0 Å². The summed E-state index contributed by atoms with van der Waals surface area (Å²) in [6.45, 7) is 0. The van der Waals surface area contributed by atoms with Gasteiger partial charge in [-0.1, -0.05) is 18.2 Å². The number of hydrogen-bond acceptors (Lipinski definition) is 4. The molecule has 0 spiro atoms. The number of nitrogens with zero attached hydrogens (tertiary/aromatic N) is 3. The Labute approximate surface area is 204 Å². The highest BCUT2D eigenvalue weighted by Gasteiger charge is 2.52. The second kappa shape index (κ2) is 8.00. The Bertz CT molecular complexity index is 1100. The van der Waals surface area contributed by atoms with Crippen LogP contribution in [0.2, 0.25) is 0 Å². The van der Waals surface area contributed by atoms with E-state index < -0.39 is 18.3 Å². The van der Waals surface area contributed by atoms with E-state index in [0.717, 1.165) is 52.9 Å². The first-order valence-corrected chi connectivity index (χ1v) is 12.8. The predicted octanol–water partition coefficient (Wildman–Crippen LogP) is 6.40. The Kier molecular flexibility index (Phi) is 5.24. The molecular formula is C27H33F3N4O. The van der Waals surface area contributed by atoms with Crippen LogP contribution in [0.15, 0.2) is 30.5 Å². The van der Waals surface area contributed by atoms with E-state index in [4.69, 9.17) is 0 Å². The largest absolute Gasteiger partial charge is 0.410 e. The maximum absolute atomic E-state index is 14.2. The Morgan fingerprint density at radius 1 is 1.09 bits per heavy atom. The van der Waals surface area contributed by atoms with Gasteiger partial charge in [0, 0.05) is 32.6 Å². The SMILES string of the molecule is CN(C)c1ccccc1[C@H]1C[C@@H](C(F)(F)F)n2ncc(C(=O)CC34CC5CC(CC(C5)C3)C4)c2N1. The minimum atomic E-state index is -4.46. The molecule has 8 heteroatoms. The summed E-state index contributed by atoms with van der Waals surface area (Å²) in [5.74, 6) is 2.30. The number of nitrogens with one attached hydrogen (secondary N) is 1. The summed E-state index contributed by atoms with van der Waals surface area (Å²) in [5, 5.41) is 7.41. The smallest absolute Gasteiger partial charge is 0.377 e. The molecule has 1 aromatic carbocycles. The number of hydrogen-bond donors (Lipinski definition) is 1. The van der Waals surface area contributed by atoms with Gasteiger partial charge in [-0.15, -0.1) is 0 Å². The summed E-state index contributed by atoms with van der Waals surface area (Å²) in [6.07, 6.45) is 4.29. The van der Waals surface area contributed by atoms with Crippen molar-refractivity contribution in [2.45, 2.75) is 69.6 Å². The number of para-hydroxylation sites is 1. The molecule has 7 rings (SSSR count). The number of Topliss-reactive ketones (excluding diaryl/α,β-unsaturated/α-hetero) is 1. The zero-order chi connectivity index (χ0) is 24.5. The molecule has 4 saturated carbocycles. The van der Waals surface area contributed by atoms with Crippen molar-refractivity contribution >= 4 is 17.3 Å². The van der Waals surface area contributed by atoms with Crippen LogP contribution in [0.25, 0.3) is 0 Å². The fourth-order valence-electron chi connectivity index (χ4n) is 8.10. The van der Waals surface area contributed by atoms with Crippen LogP contribution in [0.3, 0.4) is 0 Å². The van der Waals surface area contributed by atoms with Crippen LogP contribution >= 0.6 is 0 Å². The molecule has 5 nitrogen and oxygen atoms in total. The Hall–Kier alpha value is -2.51. The molecule has 0 radical (unpaired) electrons. The molecule has 4 fully saturated rings. The van der Waals surface area contributed by atoms with Gasteiger partial charge in [-0.05, 0) is 73.3 Å². The number of anilines is 2. The van der Waals surface area contributed by atoms with Gasteiger partial charge in [0.1, 0.15) is 5.82 Å². The van der Waals surface area contributed by atoms with Gasteiger partial charge < -0.3 is 10.2 Å². The lowest BCUT2D eigenvalue weighted by Crippen LogP contribution is -2.46. The molecule has 4 bridgehead atoms. The Morgan fingerprint density at radius 2 is 1.71 bits per heavy atom. The van der Waals surface area contributed by atoms with Crippen molar-refractivity contribution in [1.82, 2.24) is 9.78 Å². The van der Waals surface area contributed by atoms with E-state index in [-0.39, 0.29) is 23.4 Å². The lowest BCUT2D eigenvalue weighted by atomic mass is 9.48. The molecule has 2 aromatic rings. The number of aromatic nitrogens is 2. The summed E-state index contributed by atoms with van der Waals surface area (Å²) in [5.41, 5.74) is 1.98. The predicted molar refractivity (Wildman–Crippen MR) is 129 cm³/mol. The highest BCUT2D eigenvalue weighted by molar-refractivity contribution is 6.01. The molecule has 2 heterocycles. The van der Waals surface area contributed by atoms with Crippen LogP contribution < -0.4 is 10.2 Å². The quantitative estimate of drug-likeness (QED) is 0.497. The number of ketones is 1. The van der Waals surface area contributed by atoms with Crippen molar-refractivity contribution in [2.24, 2.45) is 23.2 Å². The van der Waals surface area contributed by atoms with E-state index in [2.05, 4.69) is 10.4 Å². The lowest BCUT2D eigenvalue weighted by molar-refractivity contribution is -0.173. The maximum atomic E-state index is 14.2. The normalized spacial score (nSPS) is 33.3. The molecule has 1 aliphatic heterocycles. The first-order valence-electron chi connectivity index (χ1n) is 12.8. The van der Waals surface area contributed by atoms with Gasteiger partial charge in [-0.25, -0.2) is 4.68 Å². The third-order valence-electron chi connectivity index (χ3n) is 9.03. The number of alkyl halides is 3. The average molecular weight is 487 g/mol. The van der Waals surface area contributed by atoms with Gasteiger partial charge in [0.05, 0.1) is 17.8 Å². The van der Waals surface area contributed by atoms with E-state index in [1.54, 1.807) is 0 Å². The van der Waals surface area contributed by atoms with E-state index in [1.165, 1.54) is 25.5 Å². The summed E-state index contributed by atoms with van der Waals surface area (Å²) >= 11 is 0. The zero-order valence-electron chi connectivity index (χ0n) is 20.3. The third-order valence-corrected chi connectivity index (χ3v) is 9.03. The molecule has 4 aliphatic carbocycles. The summed E-state index contributed by atoms with van der Waals surface area (Å²) < 4.78 is 43.5. The molecular weight excluding hydrogens is 453 g/mol. The van der Waals surface area contributed by atoms with Gasteiger partial charge >= 0.3 is 6.18 Å². The number of benzene rings is 1. The van der Waals surface area contributed by atoms with E-state index in [0.29, 0.717) is 12.0 Å². The van der Waals surface area contributed by atoms with Crippen LogP contribution in [-0.4, -0.2) is 35.8 Å². The number of carbonyl (C=O) groups excluding carboxylic acids is 1. The number of carbonyl (C=O) groups is 1. The molecule has 0 unspecified atom stereocenters. The van der Waals surface area contributed by atoms with Crippen LogP contribution in [-0.2, 0) is 0 Å². The topological polar surface area (TPSA) is 50.2 Å². The molecule has 1 aromatic heterocycles. The second-order valence-corrected chi connectivity index (χ2v) is 11.8. The van der Waals surface area contributed by atoms with Crippen LogP contribution in [0.4, 0.5) is 24.7 Å². The molecule has 2 atom stereocenters. The van der Waals surface area contributed by atoms with Crippen LogP contribution in [0, 0.1) is 23.2 Å². The van der Waals surface area contributed by atoms with Crippen LogP contribution in [0.5, 0.6) is 0 Å². The van der Waals surface area contributed by atoms with Gasteiger partial charge in [0.15, 0.2) is 11.8 Å². The minimum absolute atomic E-state index is 0.0235. The molecule has 0 saturated heterocycles. The third kappa shape index (κ3) is 3.93. The van der Waals surface area contributed by atoms with E-state index in [9.17, 15) is 18.0 Å². The molecule has 188 valence electrons. The Balaban J connectivity index is 1.33. The van der Waals surface area contributed by atoms with Gasteiger partial charge in [-0.2, -0.15) is 18.3 Å². The fourth-order valence-corrected chi connectivity index (χ4v) is 8.10. The fraction of sp³-hybridized carbons (Fsp3) is 0.630. The monoisotopic (exact) mass is 486 g/mol. The van der Waals surface area contributed by atoms with Crippen LogP contribution in [0.1, 0.15) is 79.4 Å². The van der Waals surface area contributed by atoms with Crippen molar-refractivity contribution in [2.75, 3.05) is 24.3 Å². The van der Waals surface area contributed by atoms with Crippen molar-refractivity contribution < 1.29 is 18.0 Å². The van der Waals surface area contributed by atoms with Crippen molar-refractivity contribution in [3.05, 3.63) is 41.6 Å². The van der Waals surface area contributed by atoms with E-state index in [1.807, 2.05) is 43.3 Å². The van der Waals surface area contributed by atoms with Gasteiger partial charge in [-0.3, -0.25) is 4.79 Å². The zero-order valence-corrected chi connectivity index (χ0v) is 20.3. The molecule has 35 heavy (non-hydrogen) atoms. The average Bonchev–Trinajstić information content (AvgIpc) is 3.20. The standard InChI is InChI=1S/C27H33F3N4O/c1-33(2)22-6-4-3-5-19(22)21-10-24(27(28,29)30)34-25(32-21)20(15-31-34)23(35)14-26-11-16-7-17(12-26)9-18(8-16)13-26/h3-6,15-18,21,24,32H,7-14H2,1-2H3/t16?,17?,18?,21-,24+,26?/m1/s1. The van der Waals surface area contributed by atoms with Crippen molar-refractivity contribution in [1.29, 1.82) is 0 Å². The molecule has 5 aliphatic rings. The second-order valence-electron chi connectivity index (χ2n) is 11.8. The van der Waals surface area contributed by atoms with E-state index >= 15 is 0 Å². The number of rotatable bonds is 5. The van der Waals surface area contributed by atoms with Crippen molar-refractivity contribution in [3.63, 3.8) is 0 Å². The highest BCUT2D eigenvalue weighted by Crippen LogP contribution is 2.61. The van der Waals surface area contributed by atoms with Gasteiger partial charge in [0.25, 0.3) is 0 Å². The molecule has 0 amide bonds. The molecule has 1 N–H and O–H groups in total. The summed E-state index contributed by atoms with van der Waals surface area (Å²) in [6, 6.07) is 5.15. The van der Waals surface area contributed by atoms with Crippen molar-refractivity contribution in [3.8, 4) is 0 Å². The minimum Gasteiger partial charge on any atom is -0.377 e. The summed E-state index contributed by atoms with van der Waals surface area (Å²) in [7, 11) is 3.77. The first-order chi connectivity index (χ1) is 16.6. The maximum Gasteiger partial charge on any atom is 0.410 e. The Morgan fingerprint density at radius 3 is 2.31 bits per heavy atom. The highest BCUT2D eigenvalue weighted by atomic mass is 19.4. The summed E-state index contributed by atoms with van der Waals surface area (Å²) in [4.78, 5) is 15.6. The first kappa shape index (κ1) is 22.9. The lowest BCUT2D eigenvalue weighted by Gasteiger charge is -2.56.